The Kier molecular flexibility index (Phi) is 4.64. The first-order valence-electron chi connectivity index (χ1n) is 9.94. The minimum absolute atomic E-state index is 0.0338. The second-order valence-corrected chi connectivity index (χ2v) is 7.77. The lowest BCUT2D eigenvalue weighted by atomic mass is 10.1. The number of nitrogens with zero attached hydrogens (tertiary/aromatic N) is 3. The van der Waals surface area contributed by atoms with Crippen LogP contribution >= 0.6 is 0 Å². The molecule has 1 aromatic carbocycles. The summed E-state index contributed by atoms with van der Waals surface area (Å²) in [4.78, 5) is 15.4. The maximum Gasteiger partial charge on any atom is 0.262 e. The third-order valence-electron chi connectivity index (χ3n) is 6.05. The summed E-state index contributed by atoms with van der Waals surface area (Å²) in [6.07, 6.45) is 7.01. The van der Waals surface area contributed by atoms with Crippen molar-refractivity contribution >= 4 is 27.9 Å². The first-order valence-corrected chi connectivity index (χ1v) is 9.94. The van der Waals surface area contributed by atoms with Crippen molar-refractivity contribution in [3.63, 3.8) is 0 Å². The van der Waals surface area contributed by atoms with E-state index in [2.05, 4.69) is 53.2 Å². The Balaban J connectivity index is 1.74. The summed E-state index contributed by atoms with van der Waals surface area (Å²) in [5.41, 5.74) is 3.73. The first kappa shape index (κ1) is 18.0. The fourth-order valence-electron chi connectivity index (χ4n) is 4.45. The Labute approximate surface area is 159 Å². The van der Waals surface area contributed by atoms with Crippen LogP contribution in [0.1, 0.15) is 44.9 Å². The molecule has 1 fully saturated rings. The number of rotatable bonds is 4. The number of likely N-dealkylation sites (tertiary alicyclic amines) is 1. The molecule has 0 bridgehead atoms. The summed E-state index contributed by atoms with van der Waals surface area (Å²) >= 11 is 0. The van der Waals surface area contributed by atoms with E-state index < -0.39 is 0 Å². The van der Waals surface area contributed by atoms with Crippen LogP contribution in [0.5, 0.6) is 0 Å². The van der Waals surface area contributed by atoms with Gasteiger partial charge in [-0.1, -0.05) is 18.2 Å². The van der Waals surface area contributed by atoms with Crippen molar-refractivity contribution in [2.24, 2.45) is 0 Å². The molecule has 1 aliphatic rings. The number of fused-ring (bicyclic) bond motifs is 3. The van der Waals surface area contributed by atoms with Gasteiger partial charge in [-0.05, 0) is 58.2 Å². The van der Waals surface area contributed by atoms with E-state index in [-0.39, 0.29) is 5.56 Å². The zero-order valence-electron chi connectivity index (χ0n) is 16.6. The van der Waals surface area contributed by atoms with Gasteiger partial charge in [-0.15, -0.1) is 0 Å². The molecule has 3 heterocycles. The highest BCUT2D eigenvalue weighted by Gasteiger charge is 2.25. The summed E-state index contributed by atoms with van der Waals surface area (Å²) < 4.78 is 1.83. The number of nitrogens with one attached hydrogen (secondary N) is 1. The molecule has 0 radical (unpaired) electrons. The predicted molar refractivity (Wildman–Crippen MR) is 112 cm³/mol. The van der Waals surface area contributed by atoms with Crippen molar-refractivity contribution in [2.45, 2.75) is 59.2 Å². The van der Waals surface area contributed by atoms with Crippen molar-refractivity contribution in [2.75, 3.05) is 6.54 Å². The van der Waals surface area contributed by atoms with Gasteiger partial charge in [0.15, 0.2) is 0 Å². The SMILES string of the molecule is CCn1c(=O)c2c(C)[nH]nc2c2cc(/C=C/CN3[C@@H](C)CC[C@@H]3C)ccc21. The summed E-state index contributed by atoms with van der Waals surface area (Å²) in [7, 11) is 0. The van der Waals surface area contributed by atoms with Gasteiger partial charge in [0.1, 0.15) is 5.52 Å². The van der Waals surface area contributed by atoms with Crippen LogP contribution in [0, 0.1) is 6.92 Å². The van der Waals surface area contributed by atoms with E-state index in [1.807, 2.05) is 24.5 Å². The summed E-state index contributed by atoms with van der Waals surface area (Å²) in [5.74, 6) is 0. The third kappa shape index (κ3) is 3.00. The molecule has 1 N–H and O–H groups in total. The Hall–Kier alpha value is -2.40. The van der Waals surface area contributed by atoms with Crippen LogP contribution in [-0.2, 0) is 6.54 Å². The van der Waals surface area contributed by atoms with Gasteiger partial charge in [0.2, 0.25) is 0 Å². The number of hydrogen-bond acceptors (Lipinski definition) is 3. The second kappa shape index (κ2) is 6.97. The van der Waals surface area contributed by atoms with Gasteiger partial charge >= 0.3 is 0 Å². The standard InChI is InChI=1S/C22H28N4O/c1-5-25-19-11-10-17(7-6-12-26-14(2)8-9-15(26)3)13-18(19)21-20(22(25)27)16(4)23-24-21/h6-7,10-11,13-15H,5,8-9,12H2,1-4H3,(H,23,24)/b7-6+/t14-,15-/m0/s1. The average Bonchev–Trinajstić information content (AvgIpc) is 3.20. The van der Waals surface area contributed by atoms with E-state index in [4.69, 9.17) is 0 Å². The smallest absolute Gasteiger partial charge is 0.262 e. The van der Waals surface area contributed by atoms with E-state index >= 15 is 0 Å². The fraction of sp³-hybridized carbons (Fsp3) is 0.455. The predicted octanol–water partition coefficient (Wildman–Crippen LogP) is 4.09. The molecule has 0 unspecified atom stereocenters. The van der Waals surface area contributed by atoms with Gasteiger partial charge in [0.05, 0.1) is 10.9 Å². The molecule has 0 saturated carbocycles. The molecule has 2 atom stereocenters. The lowest BCUT2D eigenvalue weighted by Crippen LogP contribution is -2.32. The van der Waals surface area contributed by atoms with Crippen molar-refractivity contribution in [1.82, 2.24) is 19.7 Å². The molecule has 4 rings (SSSR count). The minimum atomic E-state index is 0.0338. The van der Waals surface area contributed by atoms with E-state index in [0.29, 0.717) is 24.0 Å². The normalized spacial score (nSPS) is 21.2. The van der Waals surface area contributed by atoms with Gasteiger partial charge in [0.25, 0.3) is 5.56 Å². The topological polar surface area (TPSA) is 53.9 Å². The number of benzene rings is 1. The van der Waals surface area contributed by atoms with Crippen molar-refractivity contribution in [3.05, 3.63) is 45.9 Å². The van der Waals surface area contributed by atoms with E-state index in [1.165, 1.54) is 12.8 Å². The van der Waals surface area contributed by atoms with Crippen LogP contribution < -0.4 is 5.56 Å². The van der Waals surface area contributed by atoms with Crippen molar-refractivity contribution < 1.29 is 0 Å². The molecular formula is C22H28N4O. The first-order chi connectivity index (χ1) is 13.0. The van der Waals surface area contributed by atoms with Crippen LogP contribution in [0.4, 0.5) is 0 Å². The van der Waals surface area contributed by atoms with Gasteiger partial charge in [-0.25, -0.2) is 0 Å². The fourth-order valence-corrected chi connectivity index (χ4v) is 4.45. The third-order valence-corrected chi connectivity index (χ3v) is 6.05. The zero-order valence-corrected chi connectivity index (χ0v) is 16.6. The maximum atomic E-state index is 12.8. The highest BCUT2D eigenvalue weighted by atomic mass is 16.1. The Bertz CT molecular complexity index is 1070. The Morgan fingerprint density at radius 1 is 1.26 bits per heavy atom. The molecule has 0 amide bonds. The number of hydrogen-bond donors (Lipinski definition) is 1. The zero-order chi connectivity index (χ0) is 19.1. The number of aromatic nitrogens is 3. The Morgan fingerprint density at radius 3 is 2.70 bits per heavy atom. The molecule has 2 aromatic heterocycles. The lowest BCUT2D eigenvalue weighted by molar-refractivity contribution is 0.239. The highest BCUT2D eigenvalue weighted by molar-refractivity contribution is 6.04. The molecule has 1 saturated heterocycles. The van der Waals surface area contributed by atoms with E-state index in [9.17, 15) is 4.79 Å². The second-order valence-electron chi connectivity index (χ2n) is 7.77. The van der Waals surface area contributed by atoms with Crippen LogP contribution in [0.25, 0.3) is 27.9 Å². The molecule has 5 nitrogen and oxygen atoms in total. The number of aryl methyl sites for hydroxylation is 2. The van der Waals surface area contributed by atoms with Gasteiger partial charge in [-0.2, -0.15) is 5.10 Å². The van der Waals surface area contributed by atoms with Crippen LogP contribution in [0.2, 0.25) is 0 Å². The van der Waals surface area contributed by atoms with Crippen LogP contribution in [0.15, 0.2) is 29.1 Å². The molecule has 142 valence electrons. The summed E-state index contributed by atoms with van der Waals surface area (Å²) in [6.45, 7) is 10.2. The van der Waals surface area contributed by atoms with Crippen molar-refractivity contribution in [1.29, 1.82) is 0 Å². The minimum Gasteiger partial charge on any atom is -0.308 e. The largest absolute Gasteiger partial charge is 0.308 e. The molecule has 0 aliphatic carbocycles. The number of pyridine rings is 1. The van der Waals surface area contributed by atoms with E-state index in [1.54, 1.807) is 0 Å². The molecule has 5 heteroatoms. The van der Waals surface area contributed by atoms with Crippen LogP contribution in [-0.4, -0.2) is 38.3 Å². The van der Waals surface area contributed by atoms with E-state index in [0.717, 1.165) is 34.2 Å². The molecule has 0 spiro atoms. The molecular weight excluding hydrogens is 336 g/mol. The number of H-pyrrole nitrogens is 1. The lowest BCUT2D eigenvalue weighted by Gasteiger charge is -2.24. The van der Waals surface area contributed by atoms with Gasteiger partial charge in [0, 0.05) is 36.3 Å². The highest BCUT2D eigenvalue weighted by Crippen LogP contribution is 2.25. The van der Waals surface area contributed by atoms with Crippen LogP contribution in [0.3, 0.4) is 0 Å². The van der Waals surface area contributed by atoms with Crippen molar-refractivity contribution in [3.8, 4) is 0 Å². The monoisotopic (exact) mass is 364 g/mol. The van der Waals surface area contributed by atoms with Gasteiger partial charge in [-0.3, -0.25) is 14.8 Å². The summed E-state index contributed by atoms with van der Waals surface area (Å²) in [6, 6.07) is 7.60. The molecule has 27 heavy (non-hydrogen) atoms. The summed E-state index contributed by atoms with van der Waals surface area (Å²) in [5, 5.41) is 9.13. The molecule has 3 aromatic rings. The Morgan fingerprint density at radius 2 is 2.00 bits per heavy atom. The average molecular weight is 364 g/mol. The quantitative estimate of drug-likeness (QED) is 0.758. The number of aromatic amines is 1. The molecule has 1 aliphatic heterocycles. The van der Waals surface area contributed by atoms with Gasteiger partial charge < -0.3 is 4.57 Å². The maximum absolute atomic E-state index is 12.8.